The van der Waals surface area contributed by atoms with Gasteiger partial charge in [-0.1, -0.05) is 11.6 Å². The predicted molar refractivity (Wildman–Crippen MR) is 65.4 cm³/mol. The summed E-state index contributed by atoms with van der Waals surface area (Å²) in [5, 5.41) is 2.61. The van der Waals surface area contributed by atoms with E-state index in [0.717, 1.165) is 15.8 Å². The molecule has 0 fully saturated rings. The van der Waals surface area contributed by atoms with Crippen molar-refractivity contribution in [3.63, 3.8) is 0 Å². The Morgan fingerprint density at radius 2 is 2.36 bits per heavy atom. The summed E-state index contributed by atoms with van der Waals surface area (Å²) in [5.41, 5.74) is 6.56. The van der Waals surface area contributed by atoms with Crippen LogP contribution in [0.3, 0.4) is 0 Å². The van der Waals surface area contributed by atoms with Gasteiger partial charge in [0, 0.05) is 11.1 Å². The molecular weight excluding hydrogens is 256 g/mol. The van der Waals surface area contributed by atoms with E-state index in [2.05, 4.69) is 4.98 Å². The van der Waals surface area contributed by atoms with Gasteiger partial charge in [-0.25, -0.2) is 4.98 Å². The Balaban J connectivity index is 1.94. The largest absolute Gasteiger partial charge is 0.375 e. The number of nitrogens with zero attached hydrogens (tertiary/aromatic N) is 1. The molecule has 0 saturated carbocycles. The second-order valence-corrected chi connectivity index (χ2v) is 6.40. The fourth-order valence-electron chi connectivity index (χ4n) is 0.909. The van der Waals surface area contributed by atoms with Crippen LogP contribution in [0.4, 0.5) is 5.13 Å². The van der Waals surface area contributed by atoms with E-state index in [9.17, 15) is 0 Å². The molecule has 14 heavy (non-hydrogen) atoms. The number of hydrogen-bond donors (Lipinski definition) is 1. The van der Waals surface area contributed by atoms with Crippen molar-refractivity contribution in [1.29, 1.82) is 0 Å². The third-order valence-corrected chi connectivity index (χ3v) is 4.69. The summed E-state index contributed by atoms with van der Waals surface area (Å²) < 4.78 is 2.03. The van der Waals surface area contributed by atoms with Crippen LogP contribution in [0.5, 0.6) is 0 Å². The van der Waals surface area contributed by atoms with Crippen LogP contribution in [-0.2, 0) is 5.75 Å². The maximum Gasteiger partial charge on any atom is 0.180 e. The lowest BCUT2D eigenvalue weighted by atomic mass is 10.6. The second kappa shape index (κ2) is 4.53. The van der Waals surface area contributed by atoms with Crippen LogP contribution in [0, 0.1) is 0 Å². The van der Waals surface area contributed by atoms with E-state index in [-0.39, 0.29) is 0 Å². The van der Waals surface area contributed by atoms with Crippen molar-refractivity contribution in [2.45, 2.75) is 9.96 Å². The molecule has 0 atom stereocenters. The van der Waals surface area contributed by atoms with Crippen LogP contribution in [0.2, 0.25) is 4.34 Å². The summed E-state index contributed by atoms with van der Waals surface area (Å²) in [5.74, 6) is 0.852. The number of thiazole rings is 1. The zero-order chi connectivity index (χ0) is 9.97. The van der Waals surface area contributed by atoms with Gasteiger partial charge in [0.05, 0.1) is 14.2 Å². The van der Waals surface area contributed by atoms with E-state index in [1.54, 1.807) is 23.1 Å². The van der Waals surface area contributed by atoms with E-state index < -0.39 is 0 Å². The smallest absolute Gasteiger partial charge is 0.180 e. The van der Waals surface area contributed by atoms with Crippen molar-refractivity contribution in [2.24, 2.45) is 0 Å². The van der Waals surface area contributed by atoms with Crippen molar-refractivity contribution in [3.8, 4) is 0 Å². The van der Waals surface area contributed by atoms with E-state index in [4.69, 9.17) is 17.3 Å². The highest BCUT2D eigenvalue weighted by Crippen LogP contribution is 2.32. The summed E-state index contributed by atoms with van der Waals surface area (Å²) in [4.78, 5) is 4.18. The maximum absolute atomic E-state index is 5.82. The van der Waals surface area contributed by atoms with Gasteiger partial charge in [-0.15, -0.1) is 34.4 Å². The number of aromatic nitrogens is 1. The lowest BCUT2D eigenvalue weighted by Gasteiger charge is -1.92. The first-order chi connectivity index (χ1) is 6.74. The van der Waals surface area contributed by atoms with Crippen LogP contribution in [0.1, 0.15) is 5.69 Å². The van der Waals surface area contributed by atoms with Gasteiger partial charge >= 0.3 is 0 Å². The molecule has 74 valence electrons. The van der Waals surface area contributed by atoms with Crippen LogP contribution in [0.15, 0.2) is 21.7 Å². The molecule has 0 saturated heterocycles. The number of thioether (sulfide) groups is 1. The van der Waals surface area contributed by atoms with Gasteiger partial charge in [-0.2, -0.15) is 0 Å². The lowest BCUT2D eigenvalue weighted by molar-refractivity contribution is 1.24. The number of thiophene rings is 1. The minimum absolute atomic E-state index is 0.629. The number of anilines is 1. The molecule has 2 N–H and O–H groups in total. The molecule has 0 radical (unpaired) electrons. The lowest BCUT2D eigenvalue weighted by Crippen LogP contribution is -1.83. The number of nitrogen functional groups attached to an aromatic ring is 1. The van der Waals surface area contributed by atoms with Gasteiger partial charge in [-0.05, 0) is 12.1 Å². The Labute approximate surface area is 99.1 Å². The molecule has 0 amide bonds. The maximum atomic E-state index is 5.82. The first kappa shape index (κ1) is 10.3. The van der Waals surface area contributed by atoms with E-state index in [0.29, 0.717) is 5.13 Å². The Hall–Kier alpha value is -0.230. The van der Waals surface area contributed by atoms with Gasteiger partial charge in [-0.3, -0.25) is 0 Å². The van der Waals surface area contributed by atoms with Crippen LogP contribution >= 0.6 is 46.0 Å². The number of hydrogen-bond acceptors (Lipinski definition) is 5. The third kappa shape index (κ3) is 2.63. The van der Waals surface area contributed by atoms with Crippen molar-refractivity contribution >= 4 is 51.2 Å². The molecule has 0 bridgehead atoms. The fourth-order valence-corrected chi connectivity index (χ4v) is 3.78. The quantitative estimate of drug-likeness (QED) is 0.857. The Kier molecular flexibility index (Phi) is 3.33. The molecule has 2 rings (SSSR count). The first-order valence-corrected chi connectivity index (χ1v) is 6.88. The number of nitrogens with two attached hydrogens (primary N) is 1. The van der Waals surface area contributed by atoms with E-state index >= 15 is 0 Å². The highest BCUT2D eigenvalue weighted by Gasteiger charge is 2.02. The highest BCUT2D eigenvalue weighted by atomic mass is 35.5. The zero-order valence-electron chi connectivity index (χ0n) is 7.07. The predicted octanol–water partition coefficient (Wildman–Crippen LogP) is 3.73. The van der Waals surface area contributed by atoms with Gasteiger partial charge in [0.2, 0.25) is 0 Å². The standard InChI is InChI=1S/C8H7ClN2S3/c9-6-1-2-7(14-6)12-3-5-4-13-8(10)11-5/h1-2,4H,3H2,(H2,10,11). The minimum atomic E-state index is 0.629. The van der Waals surface area contributed by atoms with Gasteiger partial charge in [0.1, 0.15) is 0 Å². The molecule has 0 aromatic carbocycles. The van der Waals surface area contributed by atoms with Gasteiger partial charge in [0.25, 0.3) is 0 Å². The van der Waals surface area contributed by atoms with Gasteiger partial charge < -0.3 is 5.73 Å². The molecule has 0 spiro atoms. The molecule has 0 aliphatic rings. The molecule has 2 heterocycles. The van der Waals surface area contributed by atoms with Crippen LogP contribution in [-0.4, -0.2) is 4.98 Å². The summed E-state index contributed by atoms with van der Waals surface area (Å²) in [7, 11) is 0. The molecule has 2 nitrogen and oxygen atoms in total. The molecule has 0 unspecified atom stereocenters. The Morgan fingerprint density at radius 1 is 1.50 bits per heavy atom. The van der Waals surface area contributed by atoms with Crippen molar-refractivity contribution in [1.82, 2.24) is 4.98 Å². The van der Waals surface area contributed by atoms with Crippen molar-refractivity contribution < 1.29 is 0 Å². The van der Waals surface area contributed by atoms with Gasteiger partial charge in [0.15, 0.2) is 5.13 Å². The molecular formula is C8H7ClN2S3. The molecule has 6 heteroatoms. The minimum Gasteiger partial charge on any atom is -0.375 e. The van der Waals surface area contributed by atoms with Crippen molar-refractivity contribution in [2.75, 3.05) is 5.73 Å². The number of halogens is 1. The number of rotatable bonds is 3. The van der Waals surface area contributed by atoms with E-state index in [1.165, 1.54) is 15.5 Å². The third-order valence-electron chi connectivity index (χ3n) is 1.48. The van der Waals surface area contributed by atoms with Crippen molar-refractivity contribution in [3.05, 3.63) is 27.5 Å². The average molecular weight is 263 g/mol. The highest BCUT2D eigenvalue weighted by molar-refractivity contribution is 8.00. The molecule has 2 aromatic heterocycles. The molecule has 0 aliphatic heterocycles. The van der Waals surface area contributed by atoms with E-state index in [1.807, 2.05) is 17.5 Å². The average Bonchev–Trinajstić information content (AvgIpc) is 2.72. The van der Waals surface area contributed by atoms with Crippen LogP contribution < -0.4 is 5.73 Å². The Morgan fingerprint density at radius 3 is 2.93 bits per heavy atom. The summed E-state index contributed by atoms with van der Waals surface area (Å²) in [6, 6.07) is 3.93. The monoisotopic (exact) mass is 262 g/mol. The summed E-state index contributed by atoms with van der Waals surface area (Å²) >= 11 is 10.6. The first-order valence-electron chi connectivity index (χ1n) is 3.82. The summed E-state index contributed by atoms with van der Waals surface area (Å²) in [6.45, 7) is 0. The van der Waals surface area contributed by atoms with Crippen LogP contribution in [0.25, 0.3) is 0 Å². The zero-order valence-corrected chi connectivity index (χ0v) is 10.3. The normalized spacial score (nSPS) is 10.6. The second-order valence-electron chi connectivity index (χ2n) is 2.52. The topological polar surface area (TPSA) is 38.9 Å². The summed E-state index contributed by atoms with van der Waals surface area (Å²) in [6.07, 6.45) is 0. The fraction of sp³-hybridized carbons (Fsp3) is 0.125. The SMILES string of the molecule is Nc1nc(CSc2ccc(Cl)s2)cs1. The molecule has 2 aromatic rings. The molecule has 0 aliphatic carbocycles. The Bertz CT molecular complexity index is 383.